The predicted octanol–water partition coefficient (Wildman–Crippen LogP) is 4.04. The minimum atomic E-state index is 0.956. The third kappa shape index (κ3) is 4.01. The van der Waals surface area contributed by atoms with Crippen molar-refractivity contribution in [3.63, 3.8) is 0 Å². The molecule has 1 rings (SSSR count). The van der Waals surface area contributed by atoms with Gasteiger partial charge in [0, 0.05) is 12.7 Å². The fourth-order valence-corrected chi connectivity index (χ4v) is 1.21. The smallest absolute Gasteiger partial charge is 0.0337 e. The third-order valence-corrected chi connectivity index (χ3v) is 2.14. The van der Waals surface area contributed by atoms with Crippen LogP contribution in [0.25, 0.3) is 6.08 Å². The molecule has 0 aliphatic heterocycles. The molecule has 0 saturated carbocycles. The number of hydrogen-bond donors (Lipinski definition) is 1. The van der Waals surface area contributed by atoms with Crippen LogP contribution in [0.5, 0.6) is 0 Å². The van der Waals surface area contributed by atoms with Crippen LogP contribution in [0, 0.1) is 0 Å². The summed E-state index contributed by atoms with van der Waals surface area (Å²) >= 11 is 0. The first-order valence-corrected chi connectivity index (χ1v) is 5.20. The van der Waals surface area contributed by atoms with Gasteiger partial charge in [-0.2, -0.15) is 0 Å². The average Bonchev–Trinajstić information content (AvgIpc) is 2.34. The van der Waals surface area contributed by atoms with Gasteiger partial charge in [0.05, 0.1) is 0 Å². The van der Waals surface area contributed by atoms with Gasteiger partial charge in [-0.05, 0) is 23.3 Å². The fraction of sp³-hybridized carbons (Fsp3) is 0.0667. The second kappa shape index (κ2) is 6.46. The van der Waals surface area contributed by atoms with Crippen molar-refractivity contribution in [3.05, 3.63) is 72.9 Å². The average molecular weight is 211 g/mol. The molecule has 1 N–H and O–H groups in total. The van der Waals surface area contributed by atoms with Crippen molar-refractivity contribution >= 4 is 11.8 Å². The van der Waals surface area contributed by atoms with Gasteiger partial charge in [-0.1, -0.05) is 55.7 Å². The topological polar surface area (TPSA) is 12.0 Å². The molecule has 0 spiro atoms. The largest absolute Gasteiger partial charge is 0.388 e. The quantitative estimate of drug-likeness (QED) is 0.725. The lowest BCUT2D eigenvalue weighted by Gasteiger charge is -1.99. The molecule has 0 fully saturated rings. The SMILES string of the molecule is C=C/C=C\C(=C)/C=C/c1ccc(NC)cc1. The molecular weight excluding hydrogens is 194 g/mol. The van der Waals surface area contributed by atoms with Crippen LogP contribution in [-0.2, 0) is 0 Å². The summed E-state index contributed by atoms with van der Waals surface area (Å²) in [6.45, 7) is 7.52. The molecule has 0 atom stereocenters. The van der Waals surface area contributed by atoms with Gasteiger partial charge in [0.1, 0.15) is 0 Å². The van der Waals surface area contributed by atoms with Gasteiger partial charge in [-0.25, -0.2) is 0 Å². The predicted molar refractivity (Wildman–Crippen MR) is 73.5 cm³/mol. The van der Waals surface area contributed by atoms with Gasteiger partial charge in [-0.3, -0.25) is 0 Å². The Balaban J connectivity index is 2.65. The van der Waals surface area contributed by atoms with Gasteiger partial charge in [-0.15, -0.1) is 0 Å². The highest BCUT2D eigenvalue weighted by atomic mass is 14.8. The number of rotatable bonds is 5. The van der Waals surface area contributed by atoms with Crippen molar-refractivity contribution < 1.29 is 0 Å². The number of nitrogens with one attached hydrogen (secondary N) is 1. The molecular formula is C15H17N. The minimum Gasteiger partial charge on any atom is -0.388 e. The van der Waals surface area contributed by atoms with Crippen LogP contribution in [0.3, 0.4) is 0 Å². The maximum atomic E-state index is 3.91. The van der Waals surface area contributed by atoms with Crippen molar-refractivity contribution in [2.45, 2.75) is 0 Å². The van der Waals surface area contributed by atoms with E-state index in [0.29, 0.717) is 0 Å². The van der Waals surface area contributed by atoms with E-state index in [1.54, 1.807) is 6.08 Å². The summed E-state index contributed by atoms with van der Waals surface area (Å²) in [5, 5.41) is 3.08. The standard InChI is InChI=1S/C15H17N/c1-4-5-6-13(2)7-8-14-9-11-15(16-3)12-10-14/h4-12,16H,1-2H2,3H3/b6-5-,8-7+. The van der Waals surface area contributed by atoms with Gasteiger partial charge in [0.25, 0.3) is 0 Å². The molecule has 0 radical (unpaired) electrons. The summed E-state index contributed by atoms with van der Waals surface area (Å²) in [4.78, 5) is 0. The maximum absolute atomic E-state index is 3.91. The van der Waals surface area contributed by atoms with Crippen molar-refractivity contribution in [3.8, 4) is 0 Å². The molecule has 0 aromatic heterocycles. The van der Waals surface area contributed by atoms with Gasteiger partial charge < -0.3 is 5.32 Å². The fourth-order valence-electron chi connectivity index (χ4n) is 1.21. The van der Waals surface area contributed by atoms with Crippen molar-refractivity contribution in [1.82, 2.24) is 0 Å². The van der Waals surface area contributed by atoms with Gasteiger partial charge >= 0.3 is 0 Å². The van der Waals surface area contributed by atoms with E-state index in [4.69, 9.17) is 0 Å². The Kier molecular flexibility index (Phi) is 4.87. The summed E-state index contributed by atoms with van der Waals surface area (Å²) in [5.74, 6) is 0. The normalized spacial score (nSPS) is 10.8. The summed E-state index contributed by atoms with van der Waals surface area (Å²) in [6, 6.07) is 8.21. The van der Waals surface area contributed by atoms with Gasteiger partial charge in [0.2, 0.25) is 0 Å². The van der Waals surface area contributed by atoms with Crippen LogP contribution in [0.2, 0.25) is 0 Å². The molecule has 16 heavy (non-hydrogen) atoms. The van der Waals surface area contributed by atoms with Crippen LogP contribution in [0.1, 0.15) is 5.56 Å². The molecule has 1 aromatic carbocycles. The van der Waals surface area contributed by atoms with Crippen LogP contribution < -0.4 is 5.32 Å². The highest BCUT2D eigenvalue weighted by molar-refractivity contribution is 5.57. The Morgan fingerprint density at radius 2 is 1.88 bits per heavy atom. The van der Waals surface area contributed by atoms with Crippen molar-refractivity contribution in [1.29, 1.82) is 0 Å². The molecule has 0 amide bonds. The molecule has 1 heteroatoms. The number of hydrogen-bond acceptors (Lipinski definition) is 1. The minimum absolute atomic E-state index is 0.956. The maximum Gasteiger partial charge on any atom is 0.0337 e. The number of benzene rings is 1. The summed E-state index contributed by atoms with van der Waals surface area (Å²) in [7, 11) is 1.91. The van der Waals surface area contributed by atoms with E-state index >= 15 is 0 Å². The first-order valence-electron chi connectivity index (χ1n) is 5.20. The van der Waals surface area contributed by atoms with E-state index in [-0.39, 0.29) is 0 Å². The number of allylic oxidation sites excluding steroid dienone is 5. The van der Waals surface area contributed by atoms with Crippen LogP contribution in [-0.4, -0.2) is 7.05 Å². The van der Waals surface area contributed by atoms with E-state index in [2.05, 4.69) is 30.6 Å². The lowest BCUT2D eigenvalue weighted by molar-refractivity contribution is 1.50. The first-order chi connectivity index (χ1) is 7.76. The first kappa shape index (κ1) is 12.1. The van der Waals surface area contributed by atoms with Crippen LogP contribution in [0.15, 0.2) is 67.3 Å². The van der Waals surface area contributed by atoms with E-state index < -0.39 is 0 Å². The summed E-state index contributed by atoms with van der Waals surface area (Å²) in [6.07, 6.45) is 9.55. The summed E-state index contributed by atoms with van der Waals surface area (Å²) < 4.78 is 0. The second-order valence-corrected chi connectivity index (χ2v) is 3.38. The zero-order valence-corrected chi connectivity index (χ0v) is 9.61. The Morgan fingerprint density at radius 1 is 1.19 bits per heavy atom. The van der Waals surface area contributed by atoms with Gasteiger partial charge in [0.15, 0.2) is 0 Å². The Labute approximate surface area is 97.5 Å². The molecule has 0 aliphatic rings. The highest BCUT2D eigenvalue weighted by Crippen LogP contribution is 2.10. The molecule has 0 aliphatic carbocycles. The molecule has 1 nitrogen and oxygen atoms in total. The van der Waals surface area contributed by atoms with E-state index in [9.17, 15) is 0 Å². The summed E-state index contributed by atoms with van der Waals surface area (Å²) in [5.41, 5.74) is 3.23. The molecule has 0 saturated heterocycles. The Bertz CT molecular complexity index is 408. The Hall–Kier alpha value is -2.02. The molecule has 82 valence electrons. The number of anilines is 1. The Morgan fingerprint density at radius 3 is 2.44 bits per heavy atom. The zero-order valence-electron chi connectivity index (χ0n) is 9.61. The van der Waals surface area contributed by atoms with E-state index in [1.807, 2.05) is 43.5 Å². The van der Waals surface area contributed by atoms with E-state index in [1.165, 1.54) is 0 Å². The highest BCUT2D eigenvalue weighted by Gasteiger charge is 1.88. The molecule has 0 unspecified atom stereocenters. The monoisotopic (exact) mass is 211 g/mol. The lowest BCUT2D eigenvalue weighted by atomic mass is 10.1. The zero-order chi connectivity index (χ0) is 11.8. The van der Waals surface area contributed by atoms with Crippen LogP contribution >= 0.6 is 0 Å². The molecule has 1 aromatic rings. The molecule has 0 heterocycles. The van der Waals surface area contributed by atoms with Crippen molar-refractivity contribution in [2.24, 2.45) is 0 Å². The van der Waals surface area contributed by atoms with E-state index in [0.717, 1.165) is 16.8 Å². The van der Waals surface area contributed by atoms with Crippen molar-refractivity contribution in [2.75, 3.05) is 12.4 Å². The second-order valence-electron chi connectivity index (χ2n) is 3.38. The molecule has 0 bridgehead atoms. The lowest BCUT2D eigenvalue weighted by Crippen LogP contribution is -1.86. The van der Waals surface area contributed by atoms with Crippen LogP contribution in [0.4, 0.5) is 5.69 Å². The third-order valence-electron chi connectivity index (χ3n) is 2.14.